The first kappa shape index (κ1) is 27.1. The summed E-state index contributed by atoms with van der Waals surface area (Å²) in [6, 6.07) is 11.7. The highest BCUT2D eigenvalue weighted by Crippen LogP contribution is 2.32. The van der Waals surface area contributed by atoms with Crippen LogP contribution in [0.2, 0.25) is 0 Å². The fraction of sp³-hybridized carbons (Fsp3) is 0.462. The van der Waals surface area contributed by atoms with Crippen molar-refractivity contribution in [3.63, 3.8) is 0 Å². The lowest BCUT2D eigenvalue weighted by Gasteiger charge is -2.24. The molecule has 0 spiro atoms. The van der Waals surface area contributed by atoms with Crippen molar-refractivity contribution in [1.82, 2.24) is 9.88 Å². The molecule has 2 aromatic carbocycles. The van der Waals surface area contributed by atoms with Gasteiger partial charge in [-0.2, -0.15) is 0 Å². The lowest BCUT2D eigenvalue weighted by atomic mass is 10.1. The molecule has 0 aliphatic carbocycles. The van der Waals surface area contributed by atoms with Crippen LogP contribution < -0.4 is 9.64 Å². The molecule has 0 saturated heterocycles. The van der Waals surface area contributed by atoms with Crippen LogP contribution >= 0.6 is 23.7 Å². The first-order valence-electron chi connectivity index (χ1n) is 11.6. The van der Waals surface area contributed by atoms with Gasteiger partial charge >= 0.3 is 0 Å². The van der Waals surface area contributed by atoms with E-state index in [9.17, 15) is 4.79 Å². The van der Waals surface area contributed by atoms with Gasteiger partial charge in [0.2, 0.25) is 0 Å². The number of anilines is 1. The number of carbonyl (C=O) groups excluding carboxylic acids is 1. The lowest BCUT2D eigenvalue weighted by molar-refractivity contribution is 0.0983. The minimum Gasteiger partial charge on any atom is -0.494 e. The van der Waals surface area contributed by atoms with Gasteiger partial charge in [-0.25, -0.2) is 4.98 Å². The molecule has 1 aromatic heterocycles. The standard InChI is InChI=1S/C26H35N3O2S.ClH/c1-6-9-18-31-22-13-11-21(12-14-22)25(30)29(17-16-28(7-2)8-3)26-27-24-20(5)19(4)10-15-23(24)32-26;/h10-15H,6-9,16-18H2,1-5H3;1H. The second-order valence-corrected chi connectivity index (χ2v) is 9.07. The average molecular weight is 490 g/mol. The second kappa shape index (κ2) is 12.9. The number of carbonyl (C=O) groups is 1. The molecule has 0 atom stereocenters. The largest absolute Gasteiger partial charge is 0.494 e. The number of fused-ring (bicyclic) bond motifs is 1. The molecule has 0 aliphatic rings. The Labute approximate surface area is 208 Å². The Morgan fingerprint density at radius 2 is 1.70 bits per heavy atom. The number of halogens is 1. The van der Waals surface area contributed by atoms with Crippen LogP contribution in [0, 0.1) is 13.8 Å². The Hall–Kier alpha value is -2.15. The highest BCUT2D eigenvalue weighted by Gasteiger charge is 2.22. The second-order valence-electron chi connectivity index (χ2n) is 8.06. The van der Waals surface area contributed by atoms with E-state index in [4.69, 9.17) is 9.72 Å². The molecular weight excluding hydrogens is 454 g/mol. The topological polar surface area (TPSA) is 45.7 Å². The maximum absolute atomic E-state index is 13.6. The number of benzene rings is 2. The van der Waals surface area contributed by atoms with Crippen LogP contribution in [0.1, 0.15) is 55.1 Å². The predicted octanol–water partition coefficient (Wildman–Crippen LogP) is 6.50. The normalized spacial score (nSPS) is 11.0. The average Bonchev–Trinajstić information content (AvgIpc) is 3.24. The van der Waals surface area contributed by atoms with Crippen molar-refractivity contribution in [3.05, 3.63) is 53.1 Å². The van der Waals surface area contributed by atoms with E-state index >= 15 is 0 Å². The van der Waals surface area contributed by atoms with Crippen molar-refractivity contribution in [3.8, 4) is 5.75 Å². The van der Waals surface area contributed by atoms with Crippen molar-refractivity contribution in [2.45, 2.75) is 47.5 Å². The summed E-state index contributed by atoms with van der Waals surface area (Å²) in [7, 11) is 0. The third-order valence-electron chi connectivity index (χ3n) is 5.95. The minimum absolute atomic E-state index is 0. The molecule has 0 saturated carbocycles. The van der Waals surface area contributed by atoms with Crippen LogP contribution in [0.25, 0.3) is 10.2 Å². The number of rotatable bonds is 11. The van der Waals surface area contributed by atoms with Crippen molar-refractivity contribution < 1.29 is 9.53 Å². The zero-order chi connectivity index (χ0) is 23.1. The first-order chi connectivity index (χ1) is 15.5. The zero-order valence-electron chi connectivity index (χ0n) is 20.4. The molecule has 5 nitrogen and oxygen atoms in total. The van der Waals surface area contributed by atoms with Gasteiger partial charge in [0, 0.05) is 18.7 Å². The van der Waals surface area contributed by atoms with Gasteiger partial charge in [-0.1, -0.05) is 44.6 Å². The van der Waals surface area contributed by atoms with Gasteiger partial charge in [0.25, 0.3) is 5.91 Å². The van der Waals surface area contributed by atoms with E-state index in [1.807, 2.05) is 29.2 Å². The number of hydrogen-bond acceptors (Lipinski definition) is 5. The molecule has 0 aliphatic heterocycles. The number of thiazole rings is 1. The zero-order valence-corrected chi connectivity index (χ0v) is 22.0. The summed E-state index contributed by atoms with van der Waals surface area (Å²) in [6.07, 6.45) is 2.12. The van der Waals surface area contributed by atoms with E-state index in [0.717, 1.165) is 53.6 Å². The van der Waals surface area contributed by atoms with Crippen LogP contribution in [0.15, 0.2) is 36.4 Å². The van der Waals surface area contributed by atoms with Crippen LogP contribution in [0.3, 0.4) is 0 Å². The van der Waals surface area contributed by atoms with E-state index in [2.05, 4.69) is 51.7 Å². The molecule has 0 radical (unpaired) electrons. The van der Waals surface area contributed by atoms with Gasteiger partial charge in [-0.3, -0.25) is 9.69 Å². The molecule has 0 unspecified atom stereocenters. The molecule has 1 amide bonds. The molecule has 0 N–H and O–H groups in total. The Morgan fingerprint density at radius 3 is 2.33 bits per heavy atom. The Morgan fingerprint density at radius 1 is 1.00 bits per heavy atom. The molecular formula is C26H36ClN3O2S. The SMILES string of the molecule is CCCCOc1ccc(C(=O)N(CCN(CC)CC)c2nc3c(C)c(C)ccc3s2)cc1.Cl. The van der Waals surface area contributed by atoms with Gasteiger partial charge in [0.05, 0.1) is 16.8 Å². The first-order valence-corrected chi connectivity index (χ1v) is 12.4. The number of amides is 1. The van der Waals surface area contributed by atoms with E-state index < -0.39 is 0 Å². The van der Waals surface area contributed by atoms with Crippen LogP contribution in [-0.4, -0.2) is 48.6 Å². The maximum atomic E-state index is 13.6. The molecule has 3 rings (SSSR count). The summed E-state index contributed by atoms with van der Waals surface area (Å²) < 4.78 is 6.87. The number of ether oxygens (including phenoxy) is 1. The fourth-order valence-corrected chi connectivity index (χ4v) is 4.63. The number of aryl methyl sites for hydroxylation is 2. The van der Waals surface area contributed by atoms with Gasteiger partial charge in [0.15, 0.2) is 5.13 Å². The van der Waals surface area contributed by atoms with Gasteiger partial charge in [-0.15, -0.1) is 12.4 Å². The highest BCUT2D eigenvalue weighted by molar-refractivity contribution is 7.22. The smallest absolute Gasteiger partial charge is 0.260 e. The van der Waals surface area contributed by atoms with Gasteiger partial charge in [-0.05, 0) is 74.8 Å². The third-order valence-corrected chi connectivity index (χ3v) is 7.00. The molecule has 1 heterocycles. The minimum atomic E-state index is -0.0225. The quantitative estimate of drug-likeness (QED) is 0.288. The van der Waals surface area contributed by atoms with Crippen molar-refractivity contribution >= 4 is 45.0 Å². The Kier molecular flexibility index (Phi) is 10.6. The monoisotopic (exact) mass is 489 g/mol. The predicted molar refractivity (Wildman–Crippen MR) is 143 cm³/mol. The third kappa shape index (κ3) is 6.69. The van der Waals surface area contributed by atoms with Crippen molar-refractivity contribution in [1.29, 1.82) is 0 Å². The Bertz CT molecular complexity index is 1030. The van der Waals surface area contributed by atoms with E-state index in [1.54, 1.807) is 11.3 Å². The van der Waals surface area contributed by atoms with Crippen molar-refractivity contribution in [2.24, 2.45) is 0 Å². The molecule has 0 bridgehead atoms. The van der Waals surface area contributed by atoms with Crippen LogP contribution in [-0.2, 0) is 0 Å². The summed E-state index contributed by atoms with van der Waals surface area (Å²) in [5.74, 6) is 0.779. The molecule has 180 valence electrons. The van der Waals surface area contributed by atoms with E-state index in [1.165, 1.54) is 11.1 Å². The number of nitrogens with zero attached hydrogens (tertiary/aromatic N) is 3. The summed E-state index contributed by atoms with van der Waals surface area (Å²) in [6.45, 7) is 14.7. The van der Waals surface area contributed by atoms with Crippen LogP contribution in [0.5, 0.6) is 5.75 Å². The van der Waals surface area contributed by atoms with Gasteiger partial charge in [0.1, 0.15) is 5.75 Å². The molecule has 33 heavy (non-hydrogen) atoms. The number of unbranched alkanes of at least 4 members (excludes halogenated alkanes) is 1. The summed E-state index contributed by atoms with van der Waals surface area (Å²) in [5.41, 5.74) is 4.04. The van der Waals surface area contributed by atoms with E-state index in [-0.39, 0.29) is 18.3 Å². The maximum Gasteiger partial charge on any atom is 0.260 e. The van der Waals surface area contributed by atoms with E-state index in [0.29, 0.717) is 18.7 Å². The number of aromatic nitrogens is 1. The molecule has 0 fully saturated rings. The summed E-state index contributed by atoms with van der Waals surface area (Å²) in [5, 5.41) is 0.758. The van der Waals surface area contributed by atoms with Crippen molar-refractivity contribution in [2.75, 3.05) is 37.7 Å². The summed E-state index contributed by atoms with van der Waals surface area (Å²) >= 11 is 1.59. The van der Waals surface area contributed by atoms with Gasteiger partial charge < -0.3 is 9.64 Å². The lowest BCUT2D eigenvalue weighted by Crippen LogP contribution is -2.38. The highest BCUT2D eigenvalue weighted by atomic mass is 35.5. The fourth-order valence-electron chi connectivity index (χ4n) is 3.58. The number of hydrogen-bond donors (Lipinski definition) is 0. The summed E-state index contributed by atoms with van der Waals surface area (Å²) in [4.78, 5) is 22.6. The molecule has 7 heteroatoms. The molecule has 3 aromatic rings. The van der Waals surface area contributed by atoms with Crippen LogP contribution in [0.4, 0.5) is 5.13 Å². The number of likely N-dealkylation sites (N-methyl/N-ethyl adjacent to an activating group) is 1. The Balaban J connectivity index is 0.00000385.